The molecule has 0 amide bonds. The van der Waals surface area contributed by atoms with Crippen LogP contribution in [0, 0.1) is 0 Å². The molecule has 0 fully saturated rings. The Labute approximate surface area is 125 Å². The first-order valence-electron chi connectivity index (χ1n) is 6.87. The molecule has 0 aromatic rings. The van der Waals surface area contributed by atoms with Gasteiger partial charge in [0.1, 0.15) is 0 Å². The van der Waals surface area contributed by atoms with Gasteiger partial charge in [-0.05, 0) is 12.8 Å². The minimum atomic E-state index is -0.745. The van der Waals surface area contributed by atoms with Gasteiger partial charge in [0.15, 0.2) is 0 Å². The molecule has 0 aliphatic rings. The second-order valence-electron chi connectivity index (χ2n) is 3.80. The van der Waals surface area contributed by atoms with E-state index in [9.17, 15) is 14.4 Å². The summed E-state index contributed by atoms with van der Waals surface area (Å²) in [5, 5.41) is 7.72. The average Bonchev–Trinajstić information content (AvgIpc) is 2.47. The van der Waals surface area contributed by atoms with Crippen LogP contribution in [0.3, 0.4) is 0 Å². The van der Waals surface area contributed by atoms with Crippen molar-refractivity contribution in [3.8, 4) is 0 Å². The van der Waals surface area contributed by atoms with Crippen molar-refractivity contribution in [1.29, 1.82) is 0 Å². The number of hydrogen-bond acceptors (Lipinski definition) is 5. The molecule has 6 nitrogen and oxygen atoms in total. The van der Waals surface area contributed by atoms with E-state index in [2.05, 4.69) is 0 Å². The number of ether oxygens (including phenoxy) is 2. The fraction of sp³-hybridized carbons (Fsp3) is 0.533. The quantitative estimate of drug-likeness (QED) is 0.421. The first-order valence-corrected chi connectivity index (χ1v) is 6.87. The number of carbonyl (C=O) groups excluding carboxylic acids is 2. The highest BCUT2D eigenvalue weighted by Gasteiger charge is 1.94. The van der Waals surface area contributed by atoms with E-state index >= 15 is 0 Å². The molecule has 0 aromatic heterocycles. The maximum atomic E-state index is 11.0. The zero-order chi connectivity index (χ0) is 16.5. The van der Waals surface area contributed by atoms with Crippen molar-refractivity contribution in [2.24, 2.45) is 0 Å². The monoisotopic (exact) mass is 300 g/mol. The molecule has 0 unspecified atom stereocenters. The maximum Gasteiger partial charge on any atom is 0.330 e. The lowest BCUT2D eigenvalue weighted by Crippen LogP contribution is -2.01. The molecule has 0 radical (unpaired) electrons. The Morgan fingerprint density at radius 1 is 0.857 bits per heavy atom. The lowest BCUT2D eigenvalue weighted by Gasteiger charge is -1.96. The number of allylic oxidation sites excluding steroid dienone is 2. The smallest absolute Gasteiger partial charge is 0.330 e. The van der Waals surface area contributed by atoms with Gasteiger partial charge in [-0.15, -0.1) is 0 Å². The summed E-state index contributed by atoms with van der Waals surface area (Å²) < 4.78 is 9.57. The first-order chi connectivity index (χ1) is 9.97. The van der Waals surface area contributed by atoms with Gasteiger partial charge in [0, 0.05) is 18.6 Å². The van der Waals surface area contributed by atoms with Gasteiger partial charge < -0.3 is 14.6 Å². The van der Waals surface area contributed by atoms with E-state index in [1.54, 1.807) is 6.92 Å². The SMILES string of the molecule is CCC(=O)O.CCCOC(=O)/C=C\C=C/C(=O)OCCC. The zero-order valence-corrected chi connectivity index (χ0v) is 12.8. The fourth-order valence-corrected chi connectivity index (χ4v) is 0.770. The number of carbonyl (C=O) groups is 3. The molecule has 0 heterocycles. The molecule has 0 saturated heterocycles. The van der Waals surface area contributed by atoms with E-state index in [4.69, 9.17) is 14.6 Å². The van der Waals surface area contributed by atoms with E-state index < -0.39 is 17.9 Å². The number of carboxylic acids is 1. The van der Waals surface area contributed by atoms with Crippen LogP contribution in [0.5, 0.6) is 0 Å². The Morgan fingerprint density at radius 3 is 1.43 bits per heavy atom. The number of rotatable bonds is 8. The minimum absolute atomic E-state index is 0.222. The van der Waals surface area contributed by atoms with E-state index in [0.29, 0.717) is 13.2 Å². The Morgan fingerprint density at radius 2 is 1.19 bits per heavy atom. The topological polar surface area (TPSA) is 89.9 Å². The van der Waals surface area contributed by atoms with Crippen molar-refractivity contribution in [3.63, 3.8) is 0 Å². The van der Waals surface area contributed by atoms with Crippen molar-refractivity contribution in [1.82, 2.24) is 0 Å². The van der Waals surface area contributed by atoms with Gasteiger partial charge in [-0.1, -0.05) is 32.9 Å². The largest absolute Gasteiger partial charge is 0.481 e. The minimum Gasteiger partial charge on any atom is -0.481 e. The van der Waals surface area contributed by atoms with Crippen LogP contribution < -0.4 is 0 Å². The number of hydrogen-bond donors (Lipinski definition) is 1. The summed E-state index contributed by atoms with van der Waals surface area (Å²) in [6.07, 6.45) is 7.23. The summed E-state index contributed by atoms with van der Waals surface area (Å²) in [6, 6.07) is 0. The Hall–Kier alpha value is -2.11. The average molecular weight is 300 g/mol. The van der Waals surface area contributed by atoms with E-state index in [1.807, 2.05) is 13.8 Å². The molecule has 0 saturated carbocycles. The summed E-state index contributed by atoms with van der Waals surface area (Å²) in [6.45, 7) is 6.25. The van der Waals surface area contributed by atoms with Gasteiger partial charge in [0.2, 0.25) is 0 Å². The molecule has 120 valence electrons. The molecule has 1 N–H and O–H groups in total. The molecule has 0 spiro atoms. The summed E-state index contributed by atoms with van der Waals surface area (Å²) in [7, 11) is 0. The molecule has 0 aromatic carbocycles. The highest BCUT2D eigenvalue weighted by Crippen LogP contribution is 1.88. The highest BCUT2D eigenvalue weighted by atomic mass is 16.5. The predicted molar refractivity (Wildman–Crippen MR) is 78.7 cm³/mol. The molecule has 21 heavy (non-hydrogen) atoms. The molecule has 6 heteroatoms. The molecular formula is C15H24O6. The molecule has 0 bridgehead atoms. The summed E-state index contributed by atoms with van der Waals surface area (Å²) in [5.74, 6) is -1.56. The summed E-state index contributed by atoms with van der Waals surface area (Å²) in [5.41, 5.74) is 0. The molecule has 0 aliphatic heterocycles. The van der Waals surface area contributed by atoms with Crippen LogP contribution in [0.15, 0.2) is 24.3 Å². The van der Waals surface area contributed by atoms with Gasteiger partial charge in [0.25, 0.3) is 0 Å². The zero-order valence-electron chi connectivity index (χ0n) is 12.8. The van der Waals surface area contributed by atoms with Gasteiger partial charge in [-0.2, -0.15) is 0 Å². The first kappa shape index (κ1) is 21.2. The highest BCUT2D eigenvalue weighted by molar-refractivity contribution is 5.84. The van der Waals surface area contributed by atoms with Crippen LogP contribution in [0.1, 0.15) is 40.0 Å². The standard InChI is InChI=1S/C12H18O4.C3H6O2/c1-3-9-15-11(13)7-5-6-8-12(14)16-10-4-2;1-2-3(4)5/h5-8H,3-4,9-10H2,1-2H3;2H2,1H3,(H,4,5)/b7-5-,8-6-;. The van der Waals surface area contributed by atoms with Crippen molar-refractivity contribution >= 4 is 17.9 Å². The number of esters is 2. The van der Waals surface area contributed by atoms with E-state index in [-0.39, 0.29) is 6.42 Å². The Bertz CT molecular complexity index is 329. The Balaban J connectivity index is 0. The second-order valence-corrected chi connectivity index (χ2v) is 3.80. The third-order valence-corrected chi connectivity index (χ3v) is 1.78. The second kappa shape index (κ2) is 15.9. The van der Waals surface area contributed by atoms with Gasteiger partial charge in [-0.25, -0.2) is 9.59 Å². The third-order valence-electron chi connectivity index (χ3n) is 1.78. The molecular weight excluding hydrogens is 276 g/mol. The molecule has 0 rings (SSSR count). The summed E-state index contributed by atoms with van der Waals surface area (Å²) >= 11 is 0. The van der Waals surface area contributed by atoms with Gasteiger partial charge >= 0.3 is 17.9 Å². The predicted octanol–water partition coefficient (Wildman–Crippen LogP) is 2.49. The van der Waals surface area contributed by atoms with Crippen LogP contribution >= 0.6 is 0 Å². The lowest BCUT2D eigenvalue weighted by molar-refractivity contribution is -0.138. The molecule has 0 atom stereocenters. The maximum absolute atomic E-state index is 11.0. The fourth-order valence-electron chi connectivity index (χ4n) is 0.770. The van der Waals surface area contributed by atoms with E-state index in [0.717, 1.165) is 12.8 Å². The normalized spacial score (nSPS) is 10.0. The van der Waals surface area contributed by atoms with Gasteiger partial charge in [0.05, 0.1) is 13.2 Å². The van der Waals surface area contributed by atoms with Crippen LogP contribution in [0.25, 0.3) is 0 Å². The van der Waals surface area contributed by atoms with Crippen LogP contribution in [-0.2, 0) is 23.9 Å². The number of carboxylic acid groups (broad SMARTS) is 1. The third kappa shape index (κ3) is 20.4. The van der Waals surface area contributed by atoms with Crippen LogP contribution in [0.2, 0.25) is 0 Å². The van der Waals surface area contributed by atoms with Crippen molar-refractivity contribution < 1.29 is 29.0 Å². The van der Waals surface area contributed by atoms with E-state index in [1.165, 1.54) is 24.3 Å². The summed E-state index contributed by atoms with van der Waals surface area (Å²) in [4.78, 5) is 31.3. The van der Waals surface area contributed by atoms with Crippen molar-refractivity contribution in [3.05, 3.63) is 24.3 Å². The number of aliphatic carboxylic acids is 1. The van der Waals surface area contributed by atoms with Gasteiger partial charge in [-0.3, -0.25) is 4.79 Å². The van der Waals surface area contributed by atoms with Crippen LogP contribution in [-0.4, -0.2) is 36.2 Å². The van der Waals surface area contributed by atoms with Crippen molar-refractivity contribution in [2.75, 3.05) is 13.2 Å². The van der Waals surface area contributed by atoms with Crippen molar-refractivity contribution in [2.45, 2.75) is 40.0 Å². The van der Waals surface area contributed by atoms with Crippen LogP contribution in [0.4, 0.5) is 0 Å². The Kier molecular flexibility index (Phi) is 16.1. The molecule has 0 aliphatic carbocycles. The lowest BCUT2D eigenvalue weighted by atomic mass is 10.4.